The third-order valence-corrected chi connectivity index (χ3v) is 4.24. The molecule has 0 spiro atoms. The highest BCUT2D eigenvalue weighted by Gasteiger charge is 2.36. The minimum Gasteiger partial charge on any atom is -0.484 e. The Labute approximate surface area is 148 Å². The summed E-state index contributed by atoms with van der Waals surface area (Å²) in [5.41, 5.74) is 6.30. The summed E-state index contributed by atoms with van der Waals surface area (Å²) >= 11 is 0.896. The maximum absolute atomic E-state index is 12.5. The third-order valence-electron chi connectivity index (χ3n) is 3.37. The lowest BCUT2D eigenvalue weighted by Crippen LogP contribution is -2.27. The first-order valence-corrected chi connectivity index (χ1v) is 8.20. The molecule has 0 radical (unpaired) electrons. The molecule has 0 aromatic heterocycles. The van der Waals surface area contributed by atoms with E-state index in [1.807, 2.05) is 6.07 Å². The molecule has 0 unspecified atom stereocenters. The monoisotopic (exact) mass is 354 g/mol. The average Bonchev–Trinajstić information content (AvgIpc) is 2.88. The van der Waals surface area contributed by atoms with E-state index in [0.717, 1.165) is 22.2 Å². The lowest BCUT2D eigenvalue weighted by molar-refractivity contribution is -0.120. The number of carbonyl (C=O) groups excluding carboxylic acids is 3. The van der Waals surface area contributed by atoms with Gasteiger partial charge in [0.2, 0.25) is 0 Å². The number of ether oxygens (including phenoxy) is 1. The Morgan fingerprint density at radius 1 is 1.08 bits per heavy atom. The Kier molecular flexibility index (Phi) is 4.85. The van der Waals surface area contributed by atoms with E-state index in [9.17, 15) is 14.4 Å². The Bertz CT molecular complexity index is 847. The highest BCUT2D eigenvalue weighted by atomic mass is 32.2. The number of imide groups is 1. The molecule has 3 rings (SSSR count). The van der Waals surface area contributed by atoms with E-state index in [1.54, 1.807) is 54.6 Å². The molecular formula is C18H14N2O4S. The summed E-state index contributed by atoms with van der Waals surface area (Å²) < 4.78 is 5.18. The predicted octanol–water partition coefficient (Wildman–Crippen LogP) is 2.79. The van der Waals surface area contributed by atoms with Crippen LogP contribution in [0.3, 0.4) is 0 Å². The number of carbonyl (C=O) groups is 3. The van der Waals surface area contributed by atoms with Gasteiger partial charge in [-0.05, 0) is 47.7 Å². The second kappa shape index (κ2) is 7.23. The van der Waals surface area contributed by atoms with Crippen molar-refractivity contribution in [2.24, 2.45) is 5.73 Å². The lowest BCUT2D eigenvalue weighted by Gasteiger charge is -2.11. The van der Waals surface area contributed by atoms with Gasteiger partial charge in [-0.25, -0.2) is 4.90 Å². The molecule has 0 saturated carbocycles. The van der Waals surface area contributed by atoms with E-state index in [0.29, 0.717) is 16.3 Å². The van der Waals surface area contributed by atoms with Gasteiger partial charge in [-0.2, -0.15) is 0 Å². The zero-order valence-corrected chi connectivity index (χ0v) is 13.9. The molecule has 7 heteroatoms. The summed E-state index contributed by atoms with van der Waals surface area (Å²) in [4.78, 5) is 36.9. The van der Waals surface area contributed by atoms with E-state index < -0.39 is 5.91 Å². The summed E-state index contributed by atoms with van der Waals surface area (Å²) in [6.45, 7) is -0.199. The van der Waals surface area contributed by atoms with Gasteiger partial charge < -0.3 is 10.5 Å². The number of thioether (sulfide) groups is 1. The van der Waals surface area contributed by atoms with Crippen molar-refractivity contribution in [1.29, 1.82) is 0 Å². The molecule has 0 aliphatic carbocycles. The van der Waals surface area contributed by atoms with Crippen molar-refractivity contribution in [3.8, 4) is 5.75 Å². The number of amides is 3. The van der Waals surface area contributed by atoms with Crippen molar-refractivity contribution in [3.05, 3.63) is 65.1 Å². The molecule has 3 amide bonds. The fourth-order valence-corrected chi connectivity index (χ4v) is 3.07. The molecule has 2 aromatic rings. The van der Waals surface area contributed by atoms with Crippen LogP contribution in [0.2, 0.25) is 0 Å². The molecule has 2 aromatic carbocycles. The van der Waals surface area contributed by atoms with Crippen LogP contribution in [0.25, 0.3) is 6.08 Å². The van der Waals surface area contributed by atoms with Crippen LogP contribution in [0.1, 0.15) is 5.56 Å². The molecule has 6 nitrogen and oxygen atoms in total. The zero-order chi connectivity index (χ0) is 17.8. The van der Waals surface area contributed by atoms with Crippen molar-refractivity contribution in [3.63, 3.8) is 0 Å². The molecule has 126 valence electrons. The minimum absolute atomic E-state index is 0.199. The van der Waals surface area contributed by atoms with Crippen molar-refractivity contribution in [2.75, 3.05) is 11.5 Å². The molecule has 0 bridgehead atoms. The summed E-state index contributed by atoms with van der Waals surface area (Å²) in [5, 5.41) is -0.330. The summed E-state index contributed by atoms with van der Waals surface area (Å²) in [6.07, 6.45) is 1.64. The van der Waals surface area contributed by atoms with E-state index >= 15 is 0 Å². The van der Waals surface area contributed by atoms with Gasteiger partial charge in [0, 0.05) is 0 Å². The molecule has 2 N–H and O–H groups in total. The number of primary amides is 1. The SMILES string of the molecule is NC(=O)COc1ccc(/C=C2/SC(=O)N(c3ccccc3)C2=O)cc1. The van der Waals surface area contributed by atoms with Crippen LogP contribution < -0.4 is 15.4 Å². The normalized spacial score (nSPS) is 15.7. The Morgan fingerprint density at radius 2 is 1.76 bits per heavy atom. The van der Waals surface area contributed by atoms with Gasteiger partial charge in [0.25, 0.3) is 17.1 Å². The number of benzene rings is 2. The van der Waals surface area contributed by atoms with Crippen LogP contribution in [-0.4, -0.2) is 23.7 Å². The van der Waals surface area contributed by atoms with Crippen molar-refractivity contribution in [1.82, 2.24) is 0 Å². The molecule has 0 atom stereocenters. The maximum atomic E-state index is 12.5. The molecule has 1 saturated heterocycles. The Morgan fingerprint density at radius 3 is 2.40 bits per heavy atom. The van der Waals surface area contributed by atoms with E-state index in [1.165, 1.54) is 0 Å². The maximum Gasteiger partial charge on any atom is 0.298 e. The molecular weight excluding hydrogens is 340 g/mol. The van der Waals surface area contributed by atoms with Crippen LogP contribution in [-0.2, 0) is 9.59 Å². The van der Waals surface area contributed by atoms with Crippen molar-refractivity contribution >= 4 is 40.6 Å². The largest absolute Gasteiger partial charge is 0.484 e. The van der Waals surface area contributed by atoms with Gasteiger partial charge >= 0.3 is 0 Å². The average molecular weight is 354 g/mol. The number of anilines is 1. The van der Waals surface area contributed by atoms with Crippen LogP contribution >= 0.6 is 11.8 Å². The summed E-state index contributed by atoms with van der Waals surface area (Å²) in [7, 11) is 0. The standard InChI is InChI=1S/C18H14N2O4S/c19-16(21)11-24-14-8-6-12(7-9-14)10-15-17(22)20(18(23)25-15)13-4-2-1-3-5-13/h1-10H,11H2,(H2,19,21)/b15-10+. The molecule has 1 fully saturated rings. The van der Waals surface area contributed by atoms with E-state index in [-0.39, 0.29) is 17.8 Å². The molecule has 1 aliphatic heterocycles. The van der Waals surface area contributed by atoms with Gasteiger partial charge in [0.15, 0.2) is 6.61 Å². The second-order valence-corrected chi connectivity index (χ2v) is 6.17. The fraction of sp³-hybridized carbons (Fsp3) is 0.0556. The summed E-state index contributed by atoms with van der Waals surface area (Å²) in [6, 6.07) is 15.6. The molecule has 1 aliphatic rings. The van der Waals surface area contributed by atoms with Gasteiger partial charge in [0.05, 0.1) is 10.6 Å². The number of hydrogen-bond donors (Lipinski definition) is 1. The third kappa shape index (κ3) is 3.89. The summed E-state index contributed by atoms with van der Waals surface area (Å²) in [5.74, 6) is -0.415. The van der Waals surface area contributed by atoms with E-state index in [4.69, 9.17) is 10.5 Å². The van der Waals surface area contributed by atoms with Crippen LogP contribution in [0.5, 0.6) is 5.75 Å². The van der Waals surface area contributed by atoms with Crippen molar-refractivity contribution in [2.45, 2.75) is 0 Å². The quantitative estimate of drug-likeness (QED) is 0.834. The highest BCUT2D eigenvalue weighted by molar-refractivity contribution is 8.19. The number of hydrogen-bond acceptors (Lipinski definition) is 5. The first-order chi connectivity index (χ1) is 12.0. The van der Waals surface area contributed by atoms with Crippen LogP contribution in [0, 0.1) is 0 Å². The molecule has 25 heavy (non-hydrogen) atoms. The van der Waals surface area contributed by atoms with E-state index in [2.05, 4.69) is 0 Å². The number of nitrogens with two attached hydrogens (primary N) is 1. The van der Waals surface area contributed by atoms with Gasteiger partial charge in [-0.15, -0.1) is 0 Å². The first-order valence-electron chi connectivity index (χ1n) is 7.39. The van der Waals surface area contributed by atoms with Gasteiger partial charge in [0.1, 0.15) is 5.75 Å². The van der Waals surface area contributed by atoms with Crippen molar-refractivity contribution < 1.29 is 19.1 Å². The van der Waals surface area contributed by atoms with Gasteiger partial charge in [-0.3, -0.25) is 14.4 Å². The van der Waals surface area contributed by atoms with Crippen LogP contribution in [0.15, 0.2) is 59.5 Å². The van der Waals surface area contributed by atoms with Gasteiger partial charge in [-0.1, -0.05) is 30.3 Å². The fourth-order valence-electron chi connectivity index (χ4n) is 2.23. The first kappa shape index (κ1) is 16.8. The molecule has 1 heterocycles. The topological polar surface area (TPSA) is 89.7 Å². The minimum atomic E-state index is -0.557. The number of nitrogens with zero attached hydrogens (tertiary/aromatic N) is 1. The number of para-hydroxylation sites is 1. The number of rotatable bonds is 5. The Balaban J connectivity index is 1.77. The highest BCUT2D eigenvalue weighted by Crippen LogP contribution is 2.35. The second-order valence-electron chi connectivity index (χ2n) is 5.18. The van der Waals surface area contributed by atoms with Crippen LogP contribution in [0.4, 0.5) is 10.5 Å². The Hall–Kier alpha value is -3.06. The zero-order valence-electron chi connectivity index (χ0n) is 13.0. The smallest absolute Gasteiger partial charge is 0.298 e. The predicted molar refractivity (Wildman–Crippen MR) is 96.0 cm³/mol. The lowest BCUT2D eigenvalue weighted by atomic mass is 10.2.